The maximum Gasteiger partial charge on any atom is 0.0318 e. The number of likely N-dealkylation sites (tertiary alicyclic amines) is 1. The molecule has 1 unspecified atom stereocenters. The number of allylic oxidation sites excluding steroid dienone is 1. The van der Waals surface area contributed by atoms with Crippen molar-refractivity contribution in [3.8, 4) is 0 Å². The lowest BCUT2D eigenvalue weighted by Crippen LogP contribution is -2.38. The van der Waals surface area contributed by atoms with E-state index in [2.05, 4.69) is 39.0 Å². The molecule has 11 heavy (non-hydrogen) atoms. The minimum absolute atomic E-state index is 0.559. The summed E-state index contributed by atoms with van der Waals surface area (Å²) in [5.41, 5.74) is 2.52. The highest BCUT2D eigenvalue weighted by Crippen LogP contribution is 2.30. The predicted octanol–water partition coefficient (Wildman–Crippen LogP) is 2.42. The van der Waals surface area contributed by atoms with Gasteiger partial charge in [0.15, 0.2) is 0 Å². The molecular weight excluding hydrogens is 134 g/mol. The summed E-state index contributed by atoms with van der Waals surface area (Å²) in [5.74, 6) is 0.602. The van der Waals surface area contributed by atoms with Gasteiger partial charge in [0.25, 0.3) is 0 Å². The molecule has 0 bridgehead atoms. The Hall–Kier alpha value is -0.720. The molecule has 0 spiro atoms. The third-order valence-electron chi connectivity index (χ3n) is 2.91. The molecule has 1 heteroatoms. The van der Waals surface area contributed by atoms with Crippen LogP contribution in [0.4, 0.5) is 0 Å². The van der Waals surface area contributed by atoms with Crippen LogP contribution in [-0.4, -0.2) is 18.0 Å². The Balaban J connectivity index is 2.78. The summed E-state index contributed by atoms with van der Waals surface area (Å²) in [7, 11) is 2.11. The van der Waals surface area contributed by atoms with Crippen LogP contribution in [0.25, 0.3) is 0 Å². The molecule has 0 saturated carbocycles. The van der Waals surface area contributed by atoms with Crippen LogP contribution in [0.1, 0.15) is 20.3 Å². The van der Waals surface area contributed by atoms with Crippen LogP contribution in [0, 0.1) is 5.92 Å². The van der Waals surface area contributed by atoms with E-state index in [0.29, 0.717) is 12.0 Å². The van der Waals surface area contributed by atoms with Gasteiger partial charge in [-0.2, -0.15) is 0 Å². The van der Waals surface area contributed by atoms with E-state index in [4.69, 9.17) is 0 Å². The van der Waals surface area contributed by atoms with Gasteiger partial charge >= 0.3 is 0 Å². The monoisotopic (exact) mass is 151 g/mol. The first kappa shape index (κ1) is 8.38. The lowest BCUT2D eigenvalue weighted by atomic mass is 9.87. The van der Waals surface area contributed by atoms with Crippen molar-refractivity contribution >= 4 is 0 Å². The summed E-state index contributed by atoms with van der Waals surface area (Å²) < 4.78 is 0. The summed E-state index contributed by atoms with van der Waals surface area (Å²) >= 11 is 0. The summed E-state index contributed by atoms with van der Waals surface area (Å²) in [6, 6.07) is 0.559. The molecule has 1 aliphatic heterocycles. The average Bonchev–Trinajstić information content (AvgIpc) is 1.97. The van der Waals surface area contributed by atoms with Crippen molar-refractivity contribution in [2.24, 2.45) is 5.92 Å². The molecule has 0 N–H and O–H groups in total. The Labute approximate surface area is 69.4 Å². The SMILES string of the molecule is C=C1CC(=C)N(C)C(C)[C@@H]1C. The molecule has 1 nitrogen and oxygen atoms in total. The van der Waals surface area contributed by atoms with Gasteiger partial charge in [0.1, 0.15) is 0 Å². The smallest absolute Gasteiger partial charge is 0.0318 e. The molecular formula is C10H17N. The van der Waals surface area contributed by atoms with Crippen LogP contribution >= 0.6 is 0 Å². The summed E-state index contributed by atoms with van der Waals surface area (Å²) in [6.45, 7) is 12.5. The van der Waals surface area contributed by atoms with Gasteiger partial charge in [-0.1, -0.05) is 25.7 Å². The molecule has 1 aliphatic rings. The molecule has 2 atom stereocenters. The molecule has 0 radical (unpaired) electrons. The van der Waals surface area contributed by atoms with E-state index in [-0.39, 0.29) is 0 Å². The van der Waals surface area contributed by atoms with Gasteiger partial charge in [-0.15, -0.1) is 0 Å². The number of nitrogens with zero attached hydrogens (tertiary/aromatic N) is 1. The van der Waals surface area contributed by atoms with E-state index < -0.39 is 0 Å². The predicted molar refractivity (Wildman–Crippen MR) is 49.3 cm³/mol. The van der Waals surface area contributed by atoms with E-state index in [1.165, 1.54) is 11.3 Å². The lowest BCUT2D eigenvalue weighted by Gasteiger charge is -2.39. The van der Waals surface area contributed by atoms with E-state index in [1.54, 1.807) is 0 Å². The third-order valence-corrected chi connectivity index (χ3v) is 2.91. The Bertz CT molecular complexity index is 173. The zero-order valence-corrected chi connectivity index (χ0v) is 7.72. The number of rotatable bonds is 0. The quantitative estimate of drug-likeness (QED) is 0.481. The Morgan fingerprint density at radius 3 is 2.45 bits per heavy atom. The second-order valence-corrected chi connectivity index (χ2v) is 3.54. The van der Waals surface area contributed by atoms with E-state index in [0.717, 1.165) is 6.42 Å². The normalized spacial score (nSPS) is 32.8. The summed E-state index contributed by atoms with van der Waals surface area (Å²) in [4.78, 5) is 2.25. The van der Waals surface area contributed by atoms with Crippen LogP contribution in [0.3, 0.4) is 0 Å². The standard InChI is InChI=1S/C10H17N/c1-7-6-8(2)11(5)10(4)9(7)3/h9-10H,1-2,6H2,3-5H3/t9-,10?/m1/s1. The maximum atomic E-state index is 4.04. The molecule has 1 saturated heterocycles. The van der Waals surface area contributed by atoms with Gasteiger partial charge in [-0.05, 0) is 12.8 Å². The van der Waals surface area contributed by atoms with Crippen LogP contribution in [0.2, 0.25) is 0 Å². The Kier molecular flexibility index (Phi) is 2.08. The van der Waals surface area contributed by atoms with Crippen LogP contribution in [0.15, 0.2) is 24.4 Å². The molecule has 0 aromatic heterocycles. The highest BCUT2D eigenvalue weighted by atomic mass is 15.1. The molecule has 0 aromatic rings. The van der Waals surface area contributed by atoms with Crippen LogP contribution in [-0.2, 0) is 0 Å². The molecule has 62 valence electrons. The summed E-state index contributed by atoms with van der Waals surface area (Å²) in [5, 5.41) is 0. The fraction of sp³-hybridized carbons (Fsp3) is 0.600. The third kappa shape index (κ3) is 1.32. The molecule has 1 heterocycles. The maximum absolute atomic E-state index is 4.04. The molecule has 0 aliphatic carbocycles. The van der Waals surface area contributed by atoms with Crippen LogP contribution in [0.5, 0.6) is 0 Å². The largest absolute Gasteiger partial charge is 0.375 e. The molecule has 1 fully saturated rings. The fourth-order valence-electron chi connectivity index (χ4n) is 1.51. The van der Waals surface area contributed by atoms with E-state index in [1.807, 2.05) is 0 Å². The topological polar surface area (TPSA) is 3.24 Å². The minimum Gasteiger partial charge on any atom is -0.375 e. The number of hydrogen-bond donors (Lipinski definition) is 0. The van der Waals surface area contributed by atoms with Crippen molar-refractivity contribution in [3.63, 3.8) is 0 Å². The highest BCUT2D eigenvalue weighted by Gasteiger charge is 2.25. The second kappa shape index (κ2) is 2.72. The Morgan fingerprint density at radius 1 is 1.36 bits per heavy atom. The van der Waals surface area contributed by atoms with Gasteiger partial charge in [0, 0.05) is 25.2 Å². The fourth-order valence-corrected chi connectivity index (χ4v) is 1.51. The second-order valence-electron chi connectivity index (χ2n) is 3.54. The number of hydrogen-bond acceptors (Lipinski definition) is 1. The number of piperidine rings is 1. The van der Waals surface area contributed by atoms with Crippen molar-refractivity contribution in [1.82, 2.24) is 4.90 Å². The van der Waals surface area contributed by atoms with E-state index >= 15 is 0 Å². The first-order valence-electron chi connectivity index (χ1n) is 4.12. The van der Waals surface area contributed by atoms with Crippen molar-refractivity contribution in [1.29, 1.82) is 0 Å². The minimum atomic E-state index is 0.559. The van der Waals surface area contributed by atoms with Gasteiger partial charge in [0.05, 0.1) is 0 Å². The zero-order chi connectivity index (χ0) is 8.59. The molecule has 0 amide bonds. The van der Waals surface area contributed by atoms with Gasteiger partial charge < -0.3 is 4.90 Å². The van der Waals surface area contributed by atoms with Crippen LogP contribution < -0.4 is 0 Å². The van der Waals surface area contributed by atoms with Gasteiger partial charge in [-0.3, -0.25) is 0 Å². The summed E-state index contributed by atoms with van der Waals surface area (Å²) in [6.07, 6.45) is 0.974. The zero-order valence-electron chi connectivity index (χ0n) is 7.72. The average molecular weight is 151 g/mol. The van der Waals surface area contributed by atoms with Crippen molar-refractivity contribution in [2.45, 2.75) is 26.3 Å². The highest BCUT2D eigenvalue weighted by molar-refractivity contribution is 5.18. The van der Waals surface area contributed by atoms with Crippen molar-refractivity contribution in [2.75, 3.05) is 7.05 Å². The lowest BCUT2D eigenvalue weighted by molar-refractivity contribution is 0.235. The Morgan fingerprint density at radius 2 is 1.91 bits per heavy atom. The molecule has 1 rings (SSSR count). The first-order chi connectivity index (χ1) is 5.04. The van der Waals surface area contributed by atoms with Gasteiger partial charge in [0.2, 0.25) is 0 Å². The van der Waals surface area contributed by atoms with Gasteiger partial charge in [-0.25, -0.2) is 0 Å². The van der Waals surface area contributed by atoms with E-state index in [9.17, 15) is 0 Å². The molecule has 0 aromatic carbocycles. The first-order valence-corrected chi connectivity index (χ1v) is 4.12. The van der Waals surface area contributed by atoms with Crippen molar-refractivity contribution < 1.29 is 0 Å². The van der Waals surface area contributed by atoms with Crippen molar-refractivity contribution in [3.05, 3.63) is 24.4 Å².